The van der Waals surface area contributed by atoms with Gasteiger partial charge in [0.25, 0.3) is 0 Å². The predicted molar refractivity (Wildman–Crippen MR) is 95.8 cm³/mol. The van der Waals surface area contributed by atoms with Crippen LogP contribution in [-0.2, 0) is 0 Å². The zero-order chi connectivity index (χ0) is 16.8. The fourth-order valence-electron chi connectivity index (χ4n) is 2.14. The molecule has 8 heteroatoms. The summed E-state index contributed by atoms with van der Waals surface area (Å²) >= 11 is 2.88. The highest BCUT2D eigenvalue weighted by atomic mass is 32.2. The van der Waals surface area contributed by atoms with Crippen LogP contribution in [0.5, 0.6) is 11.5 Å². The van der Waals surface area contributed by atoms with Gasteiger partial charge < -0.3 is 14.8 Å². The van der Waals surface area contributed by atoms with Gasteiger partial charge in [0.15, 0.2) is 21.6 Å². The first-order valence-electron chi connectivity index (χ1n) is 7.89. The van der Waals surface area contributed by atoms with Crippen LogP contribution in [0.25, 0.3) is 0 Å². The van der Waals surface area contributed by atoms with E-state index in [1.165, 1.54) is 23.1 Å². The van der Waals surface area contributed by atoms with Crippen molar-refractivity contribution >= 4 is 34.0 Å². The molecule has 0 saturated heterocycles. The molecule has 0 amide bonds. The number of ketones is 1. The highest BCUT2D eigenvalue weighted by Crippen LogP contribution is 2.32. The van der Waals surface area contributed by atoms with Crippen molar-refractivity contribution in [1.29, 1.82) is 0 Å². The van der Waals surface area contributed by atoms with E-state index in [4.69, 9.17) is 9.47 Å². The van der Waals surface area contributed by atoms with E-state index in [9.17, 15) is 4.79 Å². The van der Waals surface area contributed by atoms with Crippen LogP contribution in [-0.4, -0.2) is 41.5 Å². The predicted octanol–water partition coefficient (Wildman–Crippen LogP) is 3.50. The number of carbonyl (C=O) groups excluding carboxylic acids is 1. The highest BCUT2D eigenvalue weighted by molar-refractivity contribution is 8.01. The van der Waals surface area contributed by atoms with Gasteiger partial charge in [-0.3, -0.25) is 4.79 Å². The molecule has 24 heavy (non-hydrogen) atoms. The molecular weight excluding hydrogens is 346 g/mol. The molecule has 0 bridgehead atoms. The Bertz CT molecular complexity index is 706. The number of nitrogens with zero attached hydrogens (tertiary/aromatic N) is 2. The molecule has 0 saturated carbocycles. The molecule has 0 radical (unpaired) electrons. The summed E-state index contributed by atoms with van der Waals surface area (Å²) in [6, 6.07) is 5.30. The number of unbranched alkanes of at least 4 members (excludes halogenated alkanes) is 1. The summed E-state index contributed by atoms with van der Waals surface area (Å²) in [6.45, 7) is 4.10. The van der Waals surface area contributed by atoms with Crippen LogP contribution in [0.3, 0.4) is 0 Å². The van der Waals surface area contributed by atoms with Gasteiger partial charge in [-0.1, -0.05) is 36.4 Å². The lowest BCUT2D eigenvalue weighted by atomic mass is 10.1. The normalized spacial score (nSPS) is 12.9. The fourth-order valence-corrected chi connectivity index (χ4v) is 3.81. The van der Waals surface area contributed by atoms with E-state index in [-0.39, 0.29) is 5.78 Å². The zero-order valence-corrected chi connectivity index (χ0v) is 15.0. The maximum absolute atomic E-state index is 12.3. The summed E-state index contributed by atoms with van der Waals surface area (Å²) in [5.41, 5.74) is 0.623. The van der Waals surface area contributed by atoms with E-state index in [2.05, 4.69) is 22.4 Å². The quantitative estimate of drug-likeness (QED) is 0.436. The lowest BCUT2D eigenvalue weighted by molar-refractivity contribution is 0.102. The van der Waals surface area contributed by atoms with Gasteiger partial charge in [-0.15, -0.1) is 10.2 Å². The Labute approximate surface area is 149 Å². The number of aromatic nitrogens is 2. The van der Waals surface area contributed by atoms with Gasteiger partial charge >= 0.3 is 0 Å². The SMILES string of the molecule is CCCCNc1nnc(SCC(=O)c2ccc3c(c2)OCCO3)s1. The van der Waals surface area contributed by atoms with Crippen molar-refractivity contribution < 1.29 is 14.3 Å². The van der Waals surface area contributed by atoms with E-state index in [0.717, 1.165) is 28.9 Å². The zero-order valence-electron chi connectivity index (χ0n) is 13.4. The Morgan fingerprint density at radius 3 is 2.96 bits per heavy atom. The minimum Gasteiger partial charge on any atom is -0.486 e. The van der Waals surface area contributed by atoms with Crippen molar-refractivity contribution in [3.8, 4) is 11.5 Å². The number of hydrogen-bond acceptors (Lipinski definition) is 8. The van der Waals surface area contributed by atoms with Crippen LogP contribution >= 0.6 is 23.1 Å². The summed E-state index contributed by atoms with van der Waals surface area (Å²) in [5.74, 6) is 1.68. The molecule has 1 aromatic carbocycles. The second-order valence-electron chi connectivity index (χ2n) is 5.22. The molecule has 0 spiro atoms. The van der Waals surface area contributed by atoms with Crippen molar-refractivity contribution in [2.24, 2.45) is 0 Å². The highest BCUT2D eigenvalue weighted by Gasteiger charge is 2.16. The maximum Gasteiger partial charge on any atom is 0.206 e. The smallest absolute Gasteiger partial charge is 0.206 e. The number of carbonyl (C=O) groups is 1. The fraction of sp³-hybridized carbons (Fsp3) is 0.438. The molecule has 128 valence electrons. The van der Waals surface area contributed by atoms with Crippen LogP contribution in [0, 0.1) is 0 Å². The lowest BCUT2D eigenvalue weighted by Crippen LogP contribution is -2.16. The summed E-state index contributed by atoms with van der Waals surface area (Å²) in [6.07, 6.45) is 2.24. The number of rotatable bonds is 8. The molecule has 0 unspecified atom stereocenters. The largest absolute Gasteiger partial charge is 0.486 e. The van der Waals surface area contributed by atoms with Gasteiger partial charge in [0.05, 0.1) is 5.75 Å². The topological polar surface area (TPSA) is 73.3 Å². The Morgan fingerprint density at radius 1 is 1.29 bits per heavy atom. The molecular formula is C16H19N3O3S2. The van der Waals surface area contributed by atoms with Gasteiger partial charge in [-0.05, 0) is 24.6 Å². The van der Waals surface area contributed by atoms with Crippen molar-refractivity contribution in [3.63, 3.8) is 0 Å². The Hall–Kier alpha value is -1.80. The molecule has 3 rings (SSSR count). The van der Waals surface area contributed by atoms with Crippen molar-refractivity contribution in [1.82, 2.24) is 10.2 Å². The molecule has 1 aliphatic rings. The van der Waals surface area contributed by atoms with Gasteiger partial charge in [0.2, 0.25) is 5.13 Å². The minimum absolute atomic E-state index is 0.0349. The molecule has 2 heterocycles. The molecule has 6 nitrogen and oxygen atoms in total. The number of benzene rings is 1. The summed E-state index contributed by atoms with van der Waals surface area (Å²) < 4.78 is 11.8. The second-order valence-corrected chi connectivity index (χ2v) is 7.42. The molecule has 0 fully saturated rings. The summed E-state index contributed by atoms with van der Waals surface area (Å²) in [7, 11) is 0. The van der Waals surface area contributed by atoms with Crippen LogP contribution in [0.2, 0.25) is 0 Å². The number of anilines is 1. The Kier molecular flexibility index (Phi) is 5.92. The third kappa shape index (κ3) is 4.39. The molecule has 1 aromatic heterocycles. The number of thioether (sulfide) groups is 1. The first-order valence-corrected chi connectivity index (χ1v) is 9.69. The van der Waals surface area contributed by atoms with Crippen molar-refractivity contribution in [2.45, 2.75) is 24.1 Å². The lowest BCUT2D eigenvalue weighted by Gasteiger charge is -2.18. The monoisotopic (exact) mass is 365 g/mol. The maximum atomic E-state index is 12.3. The standard InChI is InChI=1S/C16H19N3O3S2/c1-2-3-6-17-15-18-19-16(24-15)23-10-12(20)11-4-5-13-14(9-11)22-8-7-21-13/h4-5,9H,2-3,6-8,10H2,1H3,(H,17,18). The van der Waals surface area contributed by atoms with Crippen LogP contribution in [0.4, 0.5) is 5.13 Å². The Morgan fingerprint density at radius 2 is 2.12 bits per heavy atom. The van der Waals surface area contributed by atoms with E-state index in [0.29, 0.717) is 36.0 Å². The molecule has 0 aliphatic carbocycles. The molecule has 0 atom stereocenters. The van der Waals surface area contributed by atoms with Gasteiger partial charge in [0.1, 0.15) is 13.2 Å². The minimum atomic E-state index is 0.0349. The summed E-state index contributed by atoms with van der Waals surface area (Å²) in [5, 5.41) is 12.2. The van der Waals surface area contributed by atoms with E-state index in [1.807, 2.05) is 0 Å². The van der Waals surface area contributed by atoms with Crippen molar-refractivity contribution in [3.05, 3.63) is 23.8 Å². The average Bonchev–Trinajstić information content (AvgIpc) is 3.07. The van der Waals surface area contributed by atoms with Crippen LogP contribution < -0.4 is 14.8 Å². The van der Waals surface area contributed by atoms with E-state index in [1.54, 1.807) is 18.2 Å². The number of ether oxygens (including phenoxy) is 2. The first kappa shape index (κ1) is 17.0. The molecule has 1 aliphatic heterocycles. The van der Waals surface area contributed by atoms with Crippen molar-refractivity contribution in [2.75, 3.05) is 30.8 Å². The Balaban J connectivity index is 1.54. The van der Waals surface area contributed by atoms with Gasteiger partial charge in [0, 0.05) is 12.1 Å². The first-order chi connectivity index (χ1) is 11.8. The number of fused-ring (bicyclic) bond motifs is 1. The second kappa shape index (κ2) is 8.34. The summed E-state index contributed by atoms with van der Waals surface area (Å²) in [4.78, 5) is 12.3. The van der Waals surface area contributed by atoms with Gasteiger partial charge in [-0.25, -0.2) is 0 Å². The third-order valence-corrected chi connectivity index (χ3v) is 5.42. The van der Waals surface area contributed by atoms with E-state index < -0.39 is 0 Å². The van der Waals surface area contributed by atoms with Crippen LogP contribution in [0.1, 0.15) is 30.1 Å². The number of hydrogen-bond donors (Lipinski definition) is 1. The molecule has 2 aromatic rings. The van der Waals surface area contributed by atoms with Crippen LogP contribution in [0.15, 0.2) is 22.5 Å². The number of nitrogens with one attached hydrogen (secondary N) is 1. The molecule has 1 N–H and O–H groups in total. The number of Topliss-reactive ketones (excluding diaryl/α,β-unsaturated/α-hetero) is 1. The van der Waals surface area contributed by atoms with Gasteiger partial charge in [-0.2, -0.15) is 0 Å². The third-order valence-electron chi connectivity index (χ3n) is 3.40. The van der Waals surface area contributed by atoms with E-state index >= 15 is 0 Å². The average molecular weight is 365 g/mol.